The number of carbonyl (C=O) groups is 1. The Morgan fingerprint density at radius 2 is 1.82 bits per heavy atom. The van der Waals surface area contributed by atoms with E-state index < -0.39 is 5.54 Å². The highest BCUT2D eigenvalue weighted by Gasteiger charge is 2.60. The molecule has 0 bridgehead atoms. The SMILES string of the molecule is [C-]#[N+]c1ncc(N2C(=O)C3(CCC3)N(c3cnc(OC4CCN(C)CC4)nc3)C2=S)cc1C. The van der Waals surface area contributed by atoms with Crippen LogP contribution in [-0.4, -0.2) is 62.7 Å². The van der Waals surface area contributed by atoms with Gasteiger partial charge in [-0.05, 0) is 69.9 Å². The van der Waals surface area contributed by atoms with Crippen molar-refractivity contribution in [3.63, 3.8) is 0 Å². The molecule has 2 aromatic rings. The van der Waals surface area contributed by atoms with Gasteiger partial charge in [-0.2, -0.15) is 0 Å². The maximum Gasteiger partial charge on any atom is 0.316 e. The molecule has 3 fully saturated rings. The number of pyridine rings is 1. The molecule has 3 aliphatic rings. The van der Waals surface area contributed by atoms with Crippen LogP contribution < -0.4 is 14.5 Å². The van der Waals surface area contributed by atoms with E-state index in [1.807, 2.05) is 4.90 Å². The first kappa shape index (κ1) is 21.7. The number of hydrogen-bond donors (Lipinski definition) is 0. The normalized spacial score (nSPS) is 20.8. The maximum atomic E-state index is 13.6. The molecule has 0 radical (unpaired) electrons. The fourth-order valence-corrected chi connectivity index (χ4v) is 5.21. The Bertz CT molecular complexity index is 1130. The number of ether oxygens (including phenoxy) is 1. The maximum absolute atomic E-state index is 13.6. The first-order chi connectivity index (χ1) is 15.9. The summed E-state index contributed by atoms with van der Waals surface area (Å²) in [4.78, 5) is 35.7. The molecule has 5 rings (SSSR count). The van der Waals surface area contributed by atoms with Gasteiger partial charge in [0.2, 0.25) is 0 Å². The van der Waals surface area contributed by atoms with Gasteiger partial charge in [-0.1, -0.05) is 6.57 Å². The van der Waals surface area contributed by atoms with Crippen LogP contribution in [0.15, 0.2) is 24.7 Å². The third-order valence-corrected chi connectivity index (χ3v) is 7.17. The molecule has 1 aliphatic carbocycles. The van der Waals surface area contributed by atoms with Gasteiger partial charge in [0.25, 0.3) is 11.7 Å². The summed E-state index contributed by atoms with van der Waals surface area (Å²) in [7, 11) is 2.11. The second-order valence-electron chi connectivity index (χ2n) is 8.93. The topological polar surface area (TPSA) is 79.0 Å². The molecule has 4 heterocycles. The molecule has 170 valence electrons. The van der Waals surface area contributed by atoms with E-state index in [4.69, 9.17) is 23.5 Å². The highest BCUT2D eigenvalue weighted by molar-refractivity contribution is 7.81. The molecule has 2 saturated heterocycles. The van der Waals surface area contributed by atoms with E-state index >= 15 is 0 Å². The fourth-order valence-electron chi connectivity index (χ4n) is 4.74. The van der Waals surface area contributed by atoms with Crippen LogP contribution in [-0.2, 0) is 4.79 Å². The van der Waals surface area contributed by atoms with Gasteiger partial charge in [-0.15, -0.1) is 4.98 Å². The Labute approximate surface area is 198 Å². The van der Waals surface area contributed by atoms with Gasteiger partial charge < -0.3 is 14.5 Å². The number of nitrogens with zero attached hydrogens (tertiary/aromatic N) is 7. The van der Waals surface area contributed by atoms with Crippen LogP contribution in [0.2, 0.25) is 0 Å². The molecule has 1 spiro atoms. The first-order valence-electron chi connectivity index (χ1n) is 11.1. The van der Waals surface area contributed by atoms with Crippen molar-refractivity contribution in [2.45, 2.75) is 50.7 Å². The summed E-state index contributed by atoms with van der Waals surface area (Å²) >= 11 is 5.78. The van der Waals surface area contributed by atoms with E-state index in [1.165, 1.54) is 11.1 Å². The van der Waals surface area contributed by atoms with Gasteiger partial charge in [0, 0.05) is 13.1 Å². The Balaban J connectivity index is 1.40. The first-order valence-corrected chi connectivity index (χ1v) is 11.5. The van der Waals surface area contributed by atoms with Crippen LogP contribution in [0.4, 0.5) is 17.2 Å². The molecule has 33 heavy (non-hydrogen) atoms. The number of rotatable bonds is 4. The predicted molar refractivity (Wildman–Crippen MR) is 128 cm³/mol. The molecule has 9 nitrogen and oxygen atoms in total. The van der Waals surface area contributed by atoms with Gasteiger partial charge in [0.05, 0.1) is 23.8 Å². The quantitative estimate of drug-likeness (QED) is 0.505. The molecular weight excluding hydrogens is 438 g/mol. The highest BCUT2D eigenvalue weighted by Crippen LogP contribution is 2.47. The van der Waals surface area contributed by atoms with Gasteiger partial charge in [-0.3, -0.25) is 14.6 Å². The number of aromatic nitrogens is 3. The third kappa shape index (κ3) is 3.61. The summed E-state index contributed by atoms with van der Waals surface area (Å²) in [5.41, 5.74) is 1.24. The number of anilines is 2. The molecule has 1 saturated carbocycles. The molecule has 0 aromatic carbocycles. The molecule has 2 aliphatic heterocycles. The van der Waals surface area contributed by atoms with Crippen molar-refractivity contribution >= 4 is 40.4 Å². The minimum atomic E-state index is -0.719. The van der Waals surface area contributed by atoms with Crippen LogP contribution in [0.3, 0.4) is 0 Å². The average Bonchev–Trinajstić information content (AvgIpc) is 3.02. The summed E-state index contributed by atoms with van der Waals surface area (Å²) in [6.45, 7) is 11.0. The smallest absolute Gasteiger partial charge is 0.316 e. The Morgan fingerprint density at radius 1 is 1.15 bits per heavy atom. The molecule has 0 unspecified atom stereocenters. The van der Waals surface area contributed by atoms with Crippen molar-refractivity contribution in [1.82, 2.24) is 19.9 Å². The minimum Gasteiger partial charge on any atom is -0.460 e. The molecule has 1 amide bonds. The van der Waals surface area contributed by atoms with Crippen molar-refractivity contribution in [3.05, 3.63) is 41.6 Å². The van der Waals surface area contributed by atoms with E-state index in [0.717, 1.165) is 32.4 Å². The monoisotopic (exact) mass is 463 g/mol. The van der Waals surface area contributed by atoms with Crippen LogP contribution in [0.5, 0.6) is 6.01 Å². The van der Waals surface area contributed by atoms with Crippen LogP contribution in [0.25, 0.3) is 4.85 Å². The molecule has 0 N–H and O–H groups in total. The molecule has 2 aromatic heterocycles. The van der Waals surface area contributed by atoms with E-state index in [-0.39, 0.29) is 12.0 Å². The summed E-state index contributed by atoms with van der Waals surface area (Å²) in [5, 5.41) is 0.379. The fraction of sp³-hybridized carbons (Fsp3) is 0.478. The second-order valence-corrected chi connectivity index (χ2v) is 9.30. The lowest BCUT2D eigenvalue weighted by atomic mass is 9.75. The highest BCUT2D eigenvalue weighted by atomic mass is 32.1. The van der Waals surface area contributed by atoms with Crippen LogP contribution >= 0.6 is 12.2 Å². The summed E-state index contributed by atoms with van der Waals surface area (Å²) in [6, 6.07) is 2.13. The van der Waals surface area contributed by atoms with Crippen molar-refractivity contribution in [2.24, 2.45) is 0 Å². The molecule has 10 heteroatoms. The van der Waals surface area contributed by atoms with E-state index in [9.17, 15) is 4.79 Å². The number of likely N-dealkylation sites (tertiary alicyclic amines) is 1. The lowest BCUT2D eigenvalue weighted by Crippen LogP contribution is -2.55. The van der Waals surface area contributed by atoms with Gasteiger partial charge in [0.1, 0.15) is 17.8 Å². The summed E-state index contributed by atoms with van der Waals surface area (Å²) in [5.74, 6) is 0.252. The van der Waals surface area contributed by atoms with E-state index in [2.05, 4.69) is 31.7 Å². The number of piperidine rings is 1. The Hall–Kier alpha value is -3.16. The lowest BCUT2D eigenvalue weighted by Gasteiger charge is -2.42. The Kier molecular flexibility index (Phi) is 5.46. The lowest BCUT2D eigenvalue weighted by molar-refractivity contribution is -0.123. The van der Waals surface area contributed by atoms with Crippen molar-refractivity contribution in [3.8, 4) is 6.01 Å². The number of thiocarbonyl (C=S) groups is 1. The van der Waals surface area contributed by atoms with E-state index in [0.29, 0.717) is 46.7 Å². The summed E-state index contributed by atoms with van der Waals surface area (Å²) < 4.78 is 5.98. The van der Waals surface area contributed by atoms with Gasteiger partial charge in [0.15, 0.2) is 5.11 Å². The zero-order valence-electron chi connectivity index (χ0n) is 18.7. The zero-order valence-corrected chi connectivity index (χ0v) is 19.5. The largest absolute Gasteiger partial charge is 0.460 e. The van der Waals surface area contributed by atoms with Gasteiger partial charge in [-0.25, -0.2) is 9.97 Å². The number of hydrogen-bond acceptors (Lipinski definition) is 7. The van der Waals surface area contributed by atoms with E-state index in [1.54, 1.807) is 25.4 Å². The number of carbonyl (C=O) groups excluding carboxylic acids is 1. The summed E-state index contributed by atoms with van der Waals surface area (Å²) in [6.07, 6.45) is 9.29. The predicted octanol–water partition coefficient (Wildman–Crippen LogP) is 3.26. The third-order valence-electron chi connectivity index (χ3n) is 6.80. The van der Waals surface area contributed by atoms with Crippen molar-refractivity contribution < 1.29 is 9.53 Å². The molecular formula is C23H25N7O2S. The Morgan fingerprint density at radius 3 is 2.39 bits per heavy atom. The number of amides is 1. The molecule has 0 atom stereocenters. The van der Waals surface area contributed by atoms with Gasteiger partial charge >= 0.3 is 6.01 Å². The zero-order chi connectivity index (χ0) is 23.2. The average molecular weight is 464 g/mol. The second kappa shape index (κ2) is 8.32. The van der Waals surface area contributed by atoms with Crippen LogP contribution in [0, 0.1) is 13.5 Å². The minimum absolute atomic E-state index is 0.0674. The number of aryl methyl sites for hydroxylation is 1. The standard InChI is InChI=1S/C23H25N7O2S/c1-15-11-16(12-25-19(15)24-2)29-20(31)23(7-4-8-23)30(22(29)33)17-13-26-21(27-14-17)32-18-5-9-28(3)10-6-18/h11-14,18H,4-10H2,1,3H3. The van der Waals surface area contributed by atoms with Crippen LogP contribution in [0.1, 0.15) is 37.7 Å². The van der Waals surface area contributed by atoms with Crippen molar-refractivity contribution in [1.29, 1.82) is 0 Å². The van der Waals surface area contributed by atoms with Crippen molar-refractivity contribution in [2.75, 3.05) is 29.9 Å².